The molecule has 7 nitrogen and oxygen atoms in total. The number of nitrogens with two attached hydrogens (primary N) is 1. The minimum atomic E-state index is -0.311. The van der Waals surface area contributed by atoms with Gasteiger partial charge in [0.2, 0.25) is 5.91 Å². The van der Waals surface area contributed by atoms with Crippen molar-refractivity contribution in [1.82, 2.24) is 14.9 Å². The minimum absolute atomic E-state index is 0.00913. The van der Waals surface area contributed by atoms with Gasteiger partial charge in [0.15, 0.2) is 0 Å². The number of rotatable bonds is 5. The second kappa shape index (κ2) is 7.70. The Labute approximate surface area is 183 Å². The number of hydrogen-bond acceptors (Lipinski definition) is 5. The summed E-state index contributed by atoms with van der Waals surface area (Å²) in [7, 11) is 0. The number of benzene rings is 1. The highest BCUT2D eigenvalue weighted by atomic mass is 32.1. The van der Waals surface area contributed by atoms with Crippen molar-refractivity contribution >= 4 is 55.6 Å². The topological polar surface area (TPSA) is 104 Å². The number of aryl methyl sites for hydroxylation is 1. The van der Waals surface area contributed by atoms with Gasteiger partial charge < -0.3 is 20.9 Å². The van der Waals surface area contributed by atoms with Crippen LogP contribution in [0.4, 0.5) is 11.4 Å². The van der Waals surface area contributed by atoms with Crippen LogP contribution in [0.5, 0.6) is 0 Å². The number of pyridine rings is 1. The average molecular weight is 434 g/mol. The van der Waals surface area contributed by atoms with Crippen LogP contribution in [0.1, 0.15) is 28.2 Å². The summed E-state index contributed by atoms with van der Waals surface area (Å²) in [4.78, 5) is 34.5. The Morgan fingerprint density at radius 3 is 3.00 bits per heavy atom. The number of likely N-dealkylation sites (tertiary alicyclic amines) is 1. The van der Waals surface area contributed by atoms with Gasteiger partial charge in [-0.25, -0.2) is 0 Å². The summed E-state index contributed by atoms with van der Waals surface area (Å²) in [6.07, 6.45) is 2.89. The predicted octanol–water partition coefficient (Wildman–Crippen LogP) is 4.17. The van der Waals surface area contributed by atoms with Gasteiger partial charge >= 0.3 is 0 Å². The van der Waals surface area contributed by atoms with E-state index < -0.39 is 0 Å². The van der Waals surface area contributed by atoms with E-state index in [0.717, 1.165) is 44.6 Å². The normalized spacial score (nSPS) is 16.3. The van der Waals surface area contributed by atoms with Gasteiger partial charge in [-0.2, -0.15) is 0 Å². The predicted molar refractivity (Wildman–Crippen MR) is 124 cm³/mol. The molecule has 158 valence electrons. The van der Waals surface area contributed by atoms with Crippen LogP contribution in [0.25, 0.3) is 21.1 Å². The molecule has 1 unspecified atom stereocenters. The van der Waals surface area contributed by atoms with Gasteiger partial charge in [-0.05, 0) is 55.7 Å². The molecule has 1 aromatic carbocycles. The molecule has 0 aliphatic carbocycles. The van der Waals surface area contributed by atoms with E-state index in [-0.39, 0.29) is 17.7 Å². The molecule has 4 heterocycles. The third-order valence-electron chi connectivity index (χ3n) is 5.72. The maximum absolute atomic E-state index is 13.0. The molecule has 1 fully saturated rings. The molecule has 31 heavy (non-hydrogen) atoms. The van der Waals surface area contributed by atoms with E-state index in [1.807, 2.05) is 30.0 Å². The summed E-state index contributed by atoms with van der Waals surface area (Å²) in [5.74, 6) is -0.169. The molecule has 1 saturated heterocycles. The van der Waals surface area contributed by atoms with Gasteiger partial charge in [0.25, 0.3) is 5.91 Å². The Hall–Kier alpha value is -3.39. The van der Waals surface area contributed by atoms with Crippen molar-refractivity contribution in [1.29, 1.82) is 0 Å². The number of nitrogens with one attached hydrogen (secondary N) is 2. The van der Waals surface area contributed by atoms with E-state index >= 15 is 0 Å². The van der Waals surface area contributed by atoms with Crippen LogP contribution >= 0.6 is 11.3 Å². The number of nitrogens with zero attached hydrogens (tertiary/aromatic N) is 2. The first-order chi connectivity index (χ1) is 15.0. The van der Waals surface area contributed by atoms with Crippen molar-refractivity contribution in [3.63, 3.8) is 0 Å². The molecule has 1 aliphatic rings. The zero-order valence-corrected chi connectivity index (χ0v) is 18.0. The number of aromatic nitrogens is 2. The first-order valence-corrected chi connectivity index (χ1v) is 11.1. The minimum Gasteiger partial charge on any atom is -0.370 e. The van der Waals surface area contributed by atoms with Crippen LogP contribution in [0.2, 0.25) is 0 Å². The molecule has 5 rings (SSSR count). The Kier molecular flexibility index (Phi) is 4.86. The monoisotopic (exact) mass is 433 g/mol. The van der Waals surface area contributed by atoms with Crippen molar-refractivity contribution in [2.45, 2.75) is 19.8 Å². The van der Waals surface area contributed by atoms with Crippen LogP contribution in [0.15, 0.2) is 42.6 Å². The van der Waals surface area contributed by atoms with Crippen molar-refractivity contribution < 1.29 is 9.59 Å². The quantitative estimate of drug-likeness (QED) is 0.439. The van der Waals surface area contributed by atoms with Gasteiger partial charge in [0, 0.05) is 48.0 Å². The van der Waals surface area contributed by atoms with Gasteiger partial charge in [-0.15, -0.1) is 11.3 Å². The molecule has 1 aliphatic heterocycles. The molecule has 0 spiro atoms. The van der Waals surface area contributed by atoms with Crippen LogP contribution in [0, 0.1) is 12.8 Å². The molecule has 8 heteroatoms. The highest BCUT2D eigenvalue weighted by molar-refractivity contribution is 7.21. The van der Waals surface area contributed by atoms with E-state index in [1.54, 1.807) is 6.20 Å². The van der Waals surface area contributed by atoms with Crippen molar-refractivity contribution in [2.24, 2.45) is 11.7 Å². The maximum Gasteiger partial charge on any atom is 0.264 e. The lowest BCUT2D eigenvalue weighted by Crippen LogP contribution is -2.28. The smallest absolute Gasteiger partial charge is 0.264 e. The molecule has 3 aromatic heterocycles. The first kappa shape index (κ1) is 19.6. The Bertz CT molecular complexity index is 1310. The molecule has 0 radical (unpaired) electrons. The number of carbonyl (C=O) groups excluding carboxylic acids is 2. The Morgan fingerprint density at radius 2 is 2.16 bits per heavy atom. The van der Waals surface area contributed by atoms with Gasteiger partial charge in [-0.3, -0.25) is 14.6 Å². The van der Waals surface area contributed by atoms with Crippen molar-refractivity contribution in [2.75, 3.05) is 18.4 Å². The third-order valence-corrected chi connectivity index (χ3v) is 6.87. The van der Waals surface area contributed by atoms with E-state index in [4.69, 9.17) is 5.73 Å². The highest BCUT2D eigenvalue weighted by Crippen LogP contribution is 2.34. The average Bonchev–Trinajstić information content (AvgIpc) is 3.44. The summed E-state index contributed by atoms with van der Waals surface area (Å²) in [5, 5.41) is 4.63. The number of thiophene rings is 1. The molecule has 1 atom stereocenters. The summed E-state index contributed by atoms with van der Waals surface area (Å²) < 4.78 is 0.948. The zero-order valence-electron chi connectivity index (χ0n) is 17.1. The van der Waals surface area contributed by atoms with E-state index in [0.29, 0.717) is 24.4 Å². The summed E-state index contributed by atoms with van der Waals surface area (Å²) >= 11 is 1.45. The lowest BCUT2D eigenvalue weighted by atomic mass is 10.1. The molecule has 0 bridgehead atoms. The third kappa shape index (κ3) is 3.86. The van der Waals surface area contributed by atoms with E-state index in [2.05, 4.69) is 33.5 Å². The fourth-order valence-electron chi connectivity index (χ4n) is 4.28. The van der Waals surface area contributed by atoms with Crippen LogP contribution in [-0.4, -0.2) is 39.8 Å². The lowest BCUT2D eigenvalue weighted by molar-refractivity contribution is -0.118. The summed E-state index contributed by atoms with van der Waals surface area (Å²) in [6.45, 7) is 3.27. The summed E-state index contributed by atoms with van der Waals surface area (Å²) in [5.41, 5.74) is 10.2. The molecule has 4 aromatic rings. The largest absolute Gasteiger partial charge is 0.370 e. The molecular formula is C23H23N5O2S. The van der Waals surface area contributed by atoms with Crippen LogP contribution < -0.4 is 11.1 Å². The SMILES string of the molecule is Cc1cc2cc(Nc3ccnc4cc(C(=O)N5CCC(CC(N)=O)C5)sc34)ccc2[nH]1. The lowest BCUT2D eigenvalue weighted by Gasteiger charge is -2.15. The maximum atomic E-state index is 13.0. The van der Waals surface area contributed by atoms with Gasteiger partial charge in [-0.1, -0.05) is 0 Å². The number of amides is 2. The second-order valence-electron chi connectivity index (χ2n) is 8.14. The number of primary amides is 1. The zero-order chi connectivity index (χ0) is 21.5. The number of H-pyrrole nitrogens is 1. The molecule has 2 amide bonds. The fraction of sp³-hybridized carbons (Fsp3) is 0.261. The second-order valence-corrected chi connectivity index (χ2v) is 9.19. The summed E-state index contributed by atoms with van der Waals surface area (Å²) in [6, 6.07) is 12.1. The van der Waals surface area contributed by atoms with Gasteiger partial charge in [0.1, 0.15) is 0 Å². The standard InChI is InChI=1S/C23H23N5O2S/c1-13-8-15-10-16(2-3-17(15)26-13)27-18-4-6-25-19-11-20(31-22(18)19)23(30)28-7-5-14(12-28)9-21(24)29/h2-4,6,8,10-11,14,26H,5,7,9,12H2,1H3,(H2,24,29)(H,25,27). The van der Waals surface area contributed by atoms with Crippen molar-refractivity contribution in [3.8, 4) is 0 Å². The number of aromatic amines is 1. The molecular weight excluding hydrogens is 410 g/mol. The fourth-order valence-corrected chi connectivity index (χ4v) is 5.33. The Balaban J connectivity index is 1.39. The van der Waals surface area contributed by atoms with E-state index in [9.17, 15) is 9.59 Å². The number of anilines is 2. The van der Waals surface area contributed by atoms with Crippen LogP contribution in [0.3, 0.4) is 0 Å². The highest BCUT2D eigenvalue weighted by Gasteiger charge is 2.29. The Morgan fingerprint density at radius 1 is 1.29 bits per heavy atom. The number of carbonyl (C=O) groups is 2. The first-order valence-electron chi connectivity index (χ1n) is 10.3. The van der Waals surface area contributed by atoms with Crippen molar-refractivity contribution in [3.05, 3.63) is 53.2 Å². The molecule has 4 N–H and O–H groups in total. The van der Waals surface area contributed by atoms with E-state index in [1.165, 1.54) is 11.3 Å². The number of fused-ring (bicyclic) bond motifs is 2. The molecule has 0 saturated carbocycles. The van der Waals surface area contributed by atoms with Crippen LogP contribution in [-0.2, 0) is 4.79 Å². The van der Waals surface area contributed by atoms with Gasteiger partial charge in [0.05, 0.1) is 20.8 Å². The number of hydrogen-bond donors (Lipinski definition) is 3.